The predicted octanol–water partition coefficient (Wildman–Crippen LogP) is 3.84. The van der Waals surface area contributed by atoms with Crippen LogP contribution in [0.15, 0.2) is 97.6 Å². The van der Waals surface area contributed by atoms with E-state index < -0.39 is 0 Å². The molecule has 0 unspecified atom stereocenters. The number of anilines is 3. The molecule has 0 fully saturated rings. The summed E-state index contributed by atoms with van der Waals surface area (Å²) in [5.74, 6) is 1.04. The second-order valence-corrected chi connectivity index (χ2v) is 6.88. The fraction of sp³-hybridized carbons (Fsp3) is 0. The van der Waals surface area contributed by atoms with Crippen LogP contribution in [0.4, 0.5) is 17.2 Å². The summed E-state index contributed by atoms with van der Waals surface area (Å²) in [5, 5.41) is 22.8. The van der Waals surface area contributed by atoms with E-state index in [4.69, 9.17) is 0 Å². The first-order valence-corrected chi connectivity index (χ1v) is 9.87. The molecule has 0 aliphatic rings. The molecule has 2 aromatic carbocycles. The summed E-state index contributed by atoms with van der Waals surface area (Å²) in [4.78, 5) is 12.7. The molecule has 1 amide bonds. The third kappa shape index (κ3) is 4.21. The van der Waals surface area contributed by atoms with Crippen molar-refractivity contribution in [3.63, 3.8) is 0 Å². The zero-order valence-electron chi connectivity index (χ0n) is 16.8. The second kappa shape index (κ2) is 8.52. The van der Waals surface area contributed by atoms with Crippen LogP contribution in [-0.4, -0.2) is 35.7 Å². The molecule has 9 nitrogen and oxygen atoms in total. The third-order valence-corrected chi connectivity index (χ3v) is 4.68. The largest absolute Gasteiger partial charge is 0.339 e. The molecule has 3 aromatic heterocycles. The van der Waals surface area contributed by atoms with E-state index in [1.54, 1.807) is 40.1 Å². The molecule has 0 saturated carbocycles. The maximum absolute atomic E-state index is 12.7. The topological polar surface area (TPSA) is 103 Å². The van der Waals surface area contributed by atoms with Gasteiger partial charge in [0.2, 0.25) is 0 Å². The zero-order chi connectivity index (χ0) is 21.8. The molecular formula is C23H18N8O. The van der Waals surface area contributed by atoms with Gasteiger partial charge in [-0.05, 0) is 66.7 Å². The van der Waals surface area contributed by atoms with E-state index in [0.29, 0.717) is 22.9 Å². The van der Waals surface area contributed by atoms with Crippen LogP contribution in [0.25, 0.3) is 11.5 Å². The Morgan fingerprint density at radius 1 is 0.750 bits per heavy atom. The molecule has 0 bridgehead atoms. The quantitative estimate of drug-likeness (QED) is 0.431. The SMILES string of the molecule is O=C(Nc1ccc(Nc2ccc(-n3cccn3)nn2)cc1)c1cccc(-n2cccn2)c1. The minimum absolute atomic E-state index is 0.195. The molecule has 32 heavy (non-hydrogen) atoms. The van der Waals surface area contributed by atoms with Gasteiger partial charge in [-0.15, -0.1) is 10.2 Å². The van der Waals surface area contributed by atoms with E-state index in [1.165, 1.54) is 0 Å². The van der Waals surface area contributed by atoms with Crippen molar-refractivity contribution < 1.29 is 4.79 Å². The first-order valence-electron chi connectivity index (χ1n) is 9.87. The molecule has 9 heteroatoms. The van der Waals surface area contributed by atoms with Gasteiger partial charge < -0.3 is 10.6 Å². The van der Waals surface area contributed by atoms with E-state index in [1.807, 2.05) is 66.9 Å². The highest BCUT2D eigenvalue weighted by molar-refractivity contribution is 6.04. The fourth-order valence-electron chi connectivity index (χ4n) is 3.12. The lowest BCUT2D eigenvalue weighted by Gasteiger charge is -2.09. The van der Waals surface area contributed by atoms with Gasteiger partial charge in [0.05, 0.1) is 5.69 Å². The number of carbonyl (C=O) groups is 1. The highest BCUT2D eigenvalue weighted by atomic mass is 16.1. The lowest BCUT2D eigenvalue weighted by atomic mass is 10.2. The fourth-order valence-corrected chi connectivity index (χ4v) is 3.12. The number of nitrogens with one attached hydrogen (secondary N) is 2. The van der Waals surface area contributed by atoms with Crippen molar-refractivity contribution in [2.45, 2.75) is 0 Å². The van der Waals surface area contributed by atoms with Crippen LogP contribution in [-0.2, 0) is 0 Å². The zero-order valence-corrected chi connectivity index (χ0v) is 16.8. The molecule has 0 aliphatic heterocycles. The maximum Gasteiger partial charge on any atom is 0.255 e. The predicted molar refractivity (Wildman–Crippen MR) is 120 cm³/mol. The van der Waals surface area contributed by atoms with E-state index in [2.05, 4.69) is 31.0 Å². The molecular weight excluding hydrogens is 404 g/mol. The number of benzene rings is 2. The average Bonchev–Trinajstić information content (AvgIpc) is 3.56. The van der Waals surface area contributed by atoms with Crippen molar-refractivity contribution in [1.82, 2.24) is 29.8 Å². The van der Waals surface area contributed by atoms with E-state index >= 15 is 0 Å². The van der Waals surface area contributed by atoms with E-state index in [9.17, 15) is 4.79 Å². The van der Waals surface area contributed by atoms with Crippen molar-refractivity contribution in [2.75, 3.05) is 10.6 Å². The summed E-state index contributed by atoms with van der Waals surface area (Å²) in [7, 11) is 0. The Bertz CT molecular complexity index is 1310. The Hall–Kier alpha value is -4.79. The third-order valence-electron chi connectivity index (χ3n) is 4.68. The molecule has 0 radical (unpaired) electrons. The van der Waals surface area contributed by atoms with Gasteiger partial charge in [0.25, 0.3) is 5.91 Å². The first-order chi connectivity index (χ1) is 15.7. The lowest BCUT2D eigenvalue weighted by Crippen LogP contribution is -2.12. The van der Waals surface area contributed by atoms with Gasteiger partial charge in [-0.1, -0.05) is 6.07 Å². The smallest absolute Gasteiger partial charge is 0.255 e. The molecule has 0 aliphatic carbocycles. The van der Waals surface area contributed by atoms with Crippen molar-refractivity contribution >= 4 is 23.1 Å². The second-order valence-electron chi connectivity index (χ2n) is 6.88. The Labute approximate surface area is 183 Å². The molecule has 5 aromatic rings. The molecule has 3 heterocycles. The van der Waals surface area contributed by atoms with Crippen LogP contribution in [0.2, 0.25) is 0 Å². The van der Waals surface area contributed by atoms with Gasteiger partial charge in [-0.25, -0.2) is 9.36 Å². The first kappa shape index (κ1) is 19.2. The summed E-state index contributed by atoms with van der Waals surface area (Å²) in [5.41, 5.74) is 2.88. The number of nitrogens with zero attached hydrogens (tertiary/aromatic N) is 6. The van der Waals surface area contributed by atoms with Gasteiger partial charge in [0, 0.05) is 41.7 Å². The summed E-state index contributed by atoms with van der Waals surface area (Å²) in [6.07, 6.45) is 7.02. The lowest BCUT2D eigenvalue weighted by molar-refractivity contribution is 0.102. The summed E-state index contributed by atoms with van der Waals surface area (Å²) >= 11 is 0. The number of rotatable bonds is 6. The van der Waals surface area contributed by atoms with Gasteiger partial charge in [-0.3, -0.25) is 4.79 Å². The van der Waals surface area contributed by atoms with E-state index in [-0.39, 0.29) is 5.91 Å². The minimum Gasteiger partial charge on any atom is -0.339 e. The van der Waals surface area contributed by atoms with Crippen molar-refractivity contribution in [2.24, 2.45) is 0 Å². The summed E-state index contributed by atoms with van der Waals surface area (Å²) in [6, 6.07) is 22.0. The molecule has 0 spiro atoms. The number of carbonyl (C=O) groups excluding carboxylic acids is 1. The minimum atomic E-state index is -0.195. The van der Waals surface area contributed by atoms with Crippen molar-refractivity contribution in [3.8, 4) is 11.5 Å². The number of aromatic nitrogens is 6. The van der Waals surface area contributed by atoms with Crippen molar-refractivity contribution in [1.29, 1.82) is 0 Å². The van der Waals surface area contributed by atoms with Crippen molar-refractivity contribution in [3.05, 3.63) is 103 Å². The van der Waals surface area contributed by atoms with Crippen LogP contribution in [0.1, 0.15) is 10.4 Å². The average molecular weight is 422 g/mol. The van der Waals surface area contributed by atoms with Gasteiger partial charge in [0.1, 0.15) is 0 Å². The molecule has 5 rings (SSSR count). The van der Waals surface area contributed by atoms with Gasteiger partial charge in [0.15, 0.2) is 11.6 Å². The van der Waals surface area contributed by atoms with Crippen LogP contribution in [0, 0.1) is 0 Å². The van der Waals surface area contributed by atoms with Gasteiger partial charge in [-0.2, -0.15) is 10.2 Å². The Morgan fingerprint density at radius 2 is 1.50 bits per heavy atom. The molecule has 156 valence electrons. The Balaban J connectivity index is 1.23. The number of hydrogen-bond acceptors (Lipinski definition) is 6. The standard InChI is InChI=1S/C23H18N8O/c32-23(17-4-1-5-20(16-17)30-14-2-12-24-30)27-19-8-6-18(7-9-19)26-21-10-11-22(29-28-21)31-15-3-13-25-31/h1-16H,(H,26,28)(H,27,32). The highest BCUT2D eigenvalue weighted by Gasteiger charge is 2.08. The van der Waals surface area contributed by atoms with Crippen LogP contribution < -0.4 is 10.6 Å². The van der Waals surface area contributed by atoms with Crippen LogP contribution in [0.3, 0.4) is 0 Å². The molecule has 2 N–H and O–H groups in total. The maximum atomic E-state index is 12.7. The monoisotopic (exact) mass is 422 g/mol. The number of hydrogen-bond donors (Lipinski definition) is 2. The normalized spacial score (nSPS) is 10.6. The summed E-state index contributed by atoms with van der Waals surface area (Å²) < 4.78 is 3.35. The molecule has 0 saturated heterocycles. The van der Waals surface area contributed by atoms with Crippen LogP contribution >= 0.6 is 0 Å². The Kier molecular flexibility index (Phi) is 5.11. The Morgan fingerprint density at radius 3 is 2.19 bits per heavy atom. The number of amides is 1. The van der Waals surface area contributed by atoms with Crippen LogP contribution in [0.5, 0.6) is 0 Å². The van der Waals surface area contributed by atoms with E-state index in [0.717, 1.165) is 11.4 Å². The highest BCUT2D eigenvalue weighted by Crippen LogP contribution is 2.19. The van der Waals surface area contributed by atoms with Gasteiger partial charge >= 0.3 is 0 Å². The molecule has 0 atom stereocenters. The summed E-state index contributed by atoms with van der Waals surface area (Å²) in [6.45, 7) is 0.